The zero-order chi connectivity index (χ0) is 18.7. The van der Waals surface area contributed by atoms with Gasteiger partial charge in [0.2, 0.25) is 5.82 Å². The van der Waals surface area contributed by atoms with Crippen LogP contribution in [-0.2, 0) is 0 Å². The molecule has 1 fully saturated rings. The van der Waals surface area contributed by atoms with Gasteiger partial charge in [0.15, 0.2) is 0 Å². The number of hydrogen-bond acceptors (Lipinski definition) is 6. The highest BCUT2D eigenvalue weighted by atomic mass is 19.1. The minimum Gasteiger partial charge on any atom is -0.497 e. The number of ether oxygens (including phenoxy) is 1. The molecule has 1 saturated heterocycles. The highest BCUT2D eigenvalue weighted by molar-refractivity contribution is 5.92. The first kappa shape index (κ1) is 17.6. The number of likely N-dealkylation sites (tertiary alicyclic amines) is 1. The monoisotopic (exact) mass is 360 g/mol. The summed E-state index contributed by atoms with van der Waals surface area (Å²) in [6.45, 7) is 0.818. The molecule has 1 aliphatic rings. The van der Waals surface area contributed by atoms with Gasteiger partial charge in [-0.3, -0.25) is 19.9 Å². The van der Waals surface area contributed by atoms with Crippen LogP contribution in [0, 0.1) is 15.9 Å². The van der Waals surface area contributed by atoms with Crippen molar-refractivity contribution >= 4 is 17.3 Å². The largest absolute Gasteiger partial charge is 0.497 e. The Balaban J connectivity index is 1.76. The molecule has 9 heteroatoms. The average Bonchev–Trinajstić information content (AvgIpc) is 3.09. The van der Waals surface area contributed by atoms with Gasteiger partial charge in [-0.2, -0.15) is 4.39 Å². The second-order valence-electron chi connectivity index (χ2n) is 5.86. The van der Waals surface area contributed by atoms with Gasteiger partial charge in [0.05, 0.1) is 12.0 Å². The Morgan fingerprint density at radius 3 is 2.92 bits per heavy atom. The molecule has 0 radical (unpaired) electrons. The first-order valence-electron chi connectivity index (χ1n) is 7.98. The van der Waals surface area contributed by atoms with Crippen LogP contribution in [0.4, 0.5) is 15.8 Å². The zero-order valence-electron chi connectivity index (χ0n) is 14.0. The van der Waals surface area contributed by atoms with Crippen LogP contribution in [0.25, 0.3) is 0 Å². The molecule has 2 aromatic rings. The standard InChI is InChI=1S/C17H17FN4O4/c1-26-12-8-13(18)16(22(24)25)15(9-12)20-11-5-7-21(10-11)17(23)14-4-2-3-6-19-14/h2-4,6,8-9,11,20H,5,7,10H2,1H3. The molecule has 1 unspecified atom stereocenters. The summed E-state index contributed by atoms with van der Waals surface area (Å²) in [5.41, 5.74) is -0.268. The van der Waals surface area contributed by atoms with E-state index in [-0.39, 0.29) is 23.4 Å². The lowest BCUT2D eigenvalue weighted by molar-refractivity contribution is -0.386. The normalized spacial score (nSPS) is 16.4. The molecule has 0 aliphatic carbocycles. The lowest BCUT2D eigenvalue weighted by atomic mass is 10.2. The Kier molecular flexibility index (Phi) is 4.97. The van der Waals surface area contributed by atoms with Gasteiger partial charge in [-0.05, 0) is 18.6 Å². The van der Waals surface area contributed by atoms with Crippen molar-refractivity contribution in [2.45, 2.75) is 12.5 Å². The van der Waals surface area contributed by atoms with Gasteiger partial charge in [-0.25, -0.2) is 0 Å². The van der Waals surface area contributed by atoms with Crippen molar-refractivity contribution in [1.82, 2.24) is 9.88 Å². The molecule has 1 aliphatic heterocycles. The van der Waals surface area contributed by atoms with Gasteiger partial charge in [-0.1, -0.05) is 6.07 Å². The summed E-state index contributed by atoms with van der Waals surface area (Å²) in [7, 11) is 1.35. The predicted molar refractivity (Wildman–Crippen MR) is 91.8 cm³/mol. The fourth-order valence-corrected chi connectivity index (χ4v) is 2.92. The number of nitro groups is 1. The van der Waals surface area contributed by atoms with Crippen LogP contribution in [0.5, 0.6) is 5.75 Å². The quantitative estimate of drug-likeness (QED) is 0.650. The number of amides is 1. The minimum absolute atomic E-state index is 0.0315. The Hall–Kier alpha value is -3.23. The van der Waals surface area contributed by atoms with E-state index in [0.29, 0.717) is 25.2 Å². The topological polar surface area (TPSA) is 97.6 Å². The van der Waals surface area contributed by atoms with Crippen molar-refractivity contribution in [1.29, 1.82) is 0 Å². The minimum atomic E-state index is -0.976. The third-order valence-electron chi connectivity index (χ3n) is 4.17. The number of aromatic nitrogens is 1. The first-order chi connectivity index (χ1) is 12.5. The van der Waals surface area contributed by atoms with Crippen LogP contribution in [0.15, 0.2) is 36.5 Å². The second kappa shape index (κ2) is 7.34. The molecule has 26 heavy (non-hydrogen) atoms. The maximum atomic E-state index is 14.0. The van der Waals surface area contributed by atoms with E-state index in [2.05, 4.69) is 10.3 Å². The number of nitrogens with zero attached hydrogens (tertiary/aromatic N) is 3. The van der Waals surface area contributed by atoms with E-state index < -0.39 is 16.4 Å². The number of carbonyl (C=O) groups is 1. The van der Waals surface area contributed by atoms with Crippen molar-refractivity contribution in [3.05, 3.63) is 58.2 Å². The maximum absolute atomic E-state index is 14.0. The molecule has 0 spiro atoms. The first-order valence-corrected chi connectivity index (χ1v) is 7.98. The van der Waals surface area contributed by atoms with E-state index in [1.165, 1.54) is 13.2 Å². The van der Waals surface area contributed by atoms with Crippen molar-refractivity contribution in [2.75, 3.05) is 25.5 Å². The van der Waals surface area contributed by atoms with E-state index in [1.807, 2.05) is 0 Å². The fraction of sp³-hybridized carbons (Fsp3) is 0.294. The Labute approximate surface area is 148 Å². The highest BCUT2D eigenvalue weighted by Crippen LogP contribution is 2.33. The summed E-state index contributed by atoms with van der Waals surface area (Å²) in [4.78, 5) is 28.5. The van der Waals surface area contributed by atoms with Gasteiger partial charge in [0.25, 0.3) is 5.91 Å². The molecule has 0 bridgehead atoms. The molecule has 1 aromatic heterocycles. The summed E-state index contributed by atoms with van der Waals surface area (Å²) in [5.74, 6) is -1.01. The molecule has 8 nitrogen and oxygen atoms in total. The van der Waals surface area contributed by atoms with E-state index in [0.717, 1.165) is 6.07 Å². The van der Waals surface area contributed by atoms with Gasteiger partial charge in [0, 0.05) is 37.5 Å². The molecule has 3 rings (SSSR count). The second-order valence-corrected chi connectivity index (χ2v) is 5.86. The summed E-state index contributed by atoms with van der Waals surface area (Å²) < 4.78 is 19.0. The Morgan fingerprint density at radius 2 is 2.27 bits per heavy atom. The number of carbonyl (C=O) groups excluding carboxylic acids is 1. The van der Waals surface area contributed by atoms with Crippen LogP contribution in [0.1, 0.15) is 16.9 Å². The Bertz CT molecular complexity index is 831. The SMILES string of the molecule is COc1cc(F)c([N+](=O)[O-])c(NC2CCN(C(=O)c3ccccn3)C2)c1. The van der Waals surface area contributed by atoms with Crippen molar-refractivity contribution in [3.8, 4) is 5.75 Å². The van der Waals surface area contributed by atoms with Crippen molar-refractivity contribution in [3.63, 3.8) is 0 Å². The van der Waals surface area contributed by atoms with E-state index in [9.17, 15) is 19.3 Å². The number of nitrogens with one attached hydrogen (secondary N) is 1. The molecule has 1 aromatic carbocycles. The fourth-order valence-electron chi connectivity index (χ4n) is 2.92. The zero-order valence-corrected chi connectivity index (χ0v) is 14.0. The van der Waals surface area contributed by atoms with Crippen LogP contribution in [0.2, 0.25) is 0 Å². The number of nitro benzene ring substituents is 1. The number of anilines is 1. The van der Waals surface area contributed by atoms with E-state index >= 15 is 0 Å². The number of rotatable bonds is 5. The predicted octanol–water partition coefficient (Wildman–Crippen LogP) is 2.46. The summed E-state index contributed by atoms with van der Waals surface area (Å²) in [6.07, 6.45) is 2.12. The third kappa shape index (κ3) is 3.56. The molecule has 0 saturated carbocycles. The van der Waals surface area contributed by atoms with Crippen molar-refractivity contribution < 1.29 is 18.8 Å². The summed E-state index contributed by atoms with van der Waals surface area (Å²) >= 11 is 0. The van der Waals surface area contributed by atoms with Gasteiger partial charge in [0.1, 0.15) is 17.1 Å². The maximum Gasteiger partial charge on any atom is 0.327 e. The van der Waals surface area contributed by atoms with Gasteiger partial charge < -0.3 is 15.0 Å². The molecule has 1 N–H and O–H groups in total. The smallest absolute Gasteiger partial charge is 0.327 e. The number of hydrogen-bond donors (Lipinski definition) is 1. The highest BCUT2D eigenvalue weighted by Gasteiger charge is 2.30. The average molecular weight is 360 g/mol. The third-order valence-corrected chi connectivity index (χ3v) is 4.17. The number of methoxy groups -OCH3 is 1. The van der Waals surface area contributed by atoms with Crippen LogP contribution < -0.4 is 10.1 Å². The number of benzene rings is 1. The summed E-state index contributed by atoms with van der Waals surface area (Å²) in [5, 5.41) is 14.2. The molecular formula is C17H17FN4O4. The molecule has 1 atom stereocenters. The number of halogens is 1. The molecular weight excluding hydrogens is 343 g/mol. The van der Waals surface area contributed by atoms with Crippen LogP contribution in [0.3, 0.4) is 0 Å². The van der Waals surface area contributed by atoms with E-state index in [4.69, 9.17) is 4.74 Å². The lowest BCUT2D eigenvalue weighted by Crippen LogP contribution is -2.32. The summed E-state index contributed by atoms with van der Waals surface area (Å²) in [6, 6.07) is 7.19. The van der Waals surface area contributed by atoms with Gasteiger partial charge in [-0.15, -0.1) is 0 Å². The Morgan fingerprint density at radius 1 is 1.46 bits per heavy atom. The number of pyridine rings is 1. The van der Waals surface area contributed by atoms with Crippen LogP contribution in [-0.4, -0.2) is 47.0 Å². The van der Waals surface area contributed by atoms with Crippen LogP contribution >= 0.6 is 0 Å². The van der Waals surface area contributed by atoms with Crippen molar-refractivity contribution in [2.24, 2.45) is 0 Å². The lowest BCUT2D eigenvalue weighted by Gasteiger charge is -2.18. The van der Waals surface area contributed by atoms with E-state index in [1.54, 1.807) is 29.3 Å². The van der Waals surface area contributed by atoms with Gasteiger partial charge >= 0.3 is 5.69 Å². The molecule has 136 valence electrons. The molecule has 1 amide bonds. The molecule has 2 heterocycles.